The van der Waals surface area contributed by atoms with Crippen molar-refractivity contribution in [2.75, 3.05) is 11.9 Å². The van der Waals surface area contributed by atoms with E-state index in [2.05, 4.69) is 20.0 Å². The van der Waals surface area contributed by atoms with Crippen molar-refractivity contribution in [3.63, 3.8) is 0 Å². The number of aromatic nitrogens is 2. The van der Waals surface area contributed by atoms with E-state index in [1.165, 1.54) is 43.6 Å². The second kappa shape index (κ2) is 3.72. The van der Waals surface area contributed by atoms with Gasteiger partial charge >= 0.3 is 0 Å². The molecule has 1 saturated carbocycles. The molecule has 1 atom stereocenters. The maximum Gasteiger partial charge on any atom is 0.202 e. The van der Waals surface area contributed by atoms with Gasteiger partial charge < -0.3 is 10.6 Å². The van der Waals surface area contributed by atoms with Crippen molar-refractivity contribution in [3.05, 3.63) is 6.33 Å². The molecule has 1 spiro atoms. The Morgan fingerprint density at radius 2 is 2.47 bits per heavy atom. The lowest BCUT2D eigenvalue weighted by Gasteiger charge is -2.48. The molecule has 5 heteroatoms. The fourth-order valence-electron chi connectivity index (χ4n) is 2.68. The summed E-state index contributed by atoms with van der Waals surface area (Å²) in [5.74, 6) is 0. The Balaban J connectivity index is 1.62. The van der Waals surface area contributed by atoms with Gasteiger partial charge in [0.2, 0.25) is 5.13 Å². The van der Waals surface area contributed by atoms with Crippen LogP contribution >= 0.6 is 11.5 Å². The van der Waals surface area contributed by atoms with Gasteiger partial charge in [-0.25, -0.2) is 4.98 Å². The van der Waals surface area contributed by atoms with Gasteiger partial charge in [0.1, 0.15) is 6.33 Å². The van der Waals surface area contributed by atoms with Crippen molar-refractivity contribution in [1.82, 2.24) is 14.7 Å². The third kappa shape index (κ3) is 1.86. The van der Waals surface area contributed by atoms with Crippen molar-refractivity contribution in [2.45, 2.75) is 43.7 Å². The van der Waals surface area contributed by atoms with Gasteiger partial charge in [-0.05, 0) is 38.6 Å². The summed E-state index contributed by atoms with van der Waals surface area (Å²) in [7, 11) is 0. The van der Waals surface area contributed by atoms with Crippen LogP contribution in [0.2, 0.25) is 0 Å². The smallest absolute Gasteiger partial charge is 0.202 e. The van der Waals surface area contributed by atoms with Crippen LogP contribution in [0.4, 0.5) is 5.13 Å². The normalized spacial score (nSPS) is 28.7. The van der Waals surface area contributed by atoms with Crippen LogP contribution in [0.5, 0.6) is 0 Å². The van der Waals surface area contributed by atoms with Gasteiger partial charge in [-0.1, -0.05) is 0 Å². The summed E-state index contributed by atoms with van der Waals surface area (Å²) < 4.78 is 4.01. The van der Waals surface area contributed by atoms with Crippen LogP contribution < -0.4 is 10.6 Å². The molecule has 4 nitrogen and oxygen atoms in total. The molecule has 0 radical (unpaired) electrons. The molecule has 0 amide bonds. The molecule has 3 rings (SSSR count). The SMILES string of the molecule is c1nsc(NC2CCNC3(CCC3)C2)n1. The van der Waals surface area contributed by atoms with E-state index in [0.717, 1.165) is 11.7 Å². The standard InChI is InChI=1S/C10H16N4S/c1-3-10(4-1)6-8(2-5-12-10)14-9-11-7-13-15-9/h7-8,12H,1-6H2,(H,11,13,14). The molecule has 0 bridgehead atoms. The van der Waals surface area contributed by atoms with Crippen molar-refractivity contribution < 1.29 is 0 Å². The summed E-state index contributed by atoms with van der Waals surface area (Å²) in [5.41, 5.74) is 0.459. The number of nitrogens with one attached hydrogen (secondary N) is 2. The van der Waals surface area contributed by atoms with E-state index in [-0.39, 0.29) is 0 Å². The third-order valence-electron chi connectivity index (χ3n) is 3.63. The molecule has 1 aliphatic heterocycles. The van der Waals surface area contributed by atoms with Crippen LogP contribution in [-0.4, -0.2) is 27.5 Å². The van der Waals surface area contributed by atoms with Crippen molar-refractivity contribution in [2.24, 2.45) is 0 Å². The molecule has 2 aliphatic rings. The zero-order chi connectivity index (χ0) is 10.1. The minimum absolute atomic E-state index is 0.459. The van der Waals surface area contributed by atoms with Crippen LogP contribution in [0.1, 0.15) is 32.1 Å². The highest BCUT2D eigenvalue weighted by molar-refractivity contribution is 7.09. The lowest BCUT2D eigenvalue weighted by Crippen LogP contribution is -2.58. The fourth-order valence-corrected chi connectivity index (χ4v) is 3.18. The number of rotatable bonds is 2. The minimum Gasteiger partial charge on any atom is -0.357 e. The quantitative estimate of drug-likeness (QED) is 0.801. The maximum atomic E-state index is 4.18. The first kappa shape index (κ1) is 9.54. The lowest BCUT2D eigenvalue weighted by atomic mass is 9.70. The number of hydrogen-bond acceptors (Lipinski definition) is 5. The zero-order valence-electron chi connectivity index (χ0n) is 8.70. The first-order chi connectivity index (χ1) is 7.36. The predicted octanol–water partition coefficient (Wildman–Crippen LogP) is 1.62. The summed E-state index contributed by atoms with van der Waals surface area (Å²) >= 11 is 1.45. The summed E-state index contributed by atoms with van der Waals surface area (Å²) in [4.78, 5) is 4.18. The van der Waals surface area contributed by atoms with Gasteiger partial charge in [-0.2, -0.15) is 4.37 Å². The summed E-state index contributed by atoms with van der Waals surface area (Å²) in [6.07, 6.45) is 8.14. The monoisotopic (exact) mass is 224 g/mol. The van der Waals surface area contributed by atoms with E-state index in [4.69, 9.17) is 0 Å². The van der Waals surface area contributed by atoms with Crippen LogP contribution in [-0.2, 0) is 0 Å². The Morgan fingerprint density at radius 1 is 1.53 bits per heavy atom. The summed E-state index contributed by atoms with van der Waals surface area (Å²) in [5, 5.41) is 8.13. The fraction of sp³-hybridized carbons (Fsp3) is 0.800. The maximum absolute atomic E-state index is 4.18. The second-order valence-electron chi connectivity index (χ2n) is 4.64. The van der Waals surface area contributed by atoms with Crippen molar-refractivity contribution in [3.8, 4) is 0 Å². The number of anilines is 1. The molecule has 0 aromatic carbocycles. The first-order valence-corrected chi connectivity index (χ1v) is 6.42. The molecule has 1 unspecified atom stereocenters. The average molecular weight is 224 g/mol. The third-order valence-corrected chi connectivity index (χ3v) is 4.23. The van der Waals surface area contributed by atoms with E-state index >= 15 is 0 Å². The van der Waals surface area contributed by atoms with E-state index < -0.39 is 0 Å². The minimum atomic E-state index is 0.459. The molecular weight excluding hydrogens is 208 g/mol. The number of nitrogens with zero attached hydrogens (tertiary/aromatic N) is 2. The molecule has 1 aromatic rings. The van der Waals surface area contributed by atoms with Gasteiger partial charge in [0.15, 0.2) is 0 Å². The Kier molecular flexibility index (Phi) is 2.36. The topological polar surface area (TPSA) is 49.8 Å². The summed E-state index contributed by atoms with van der Waals surface area (Å²) in [6.45, 7) is 1.14. The summed E-state index contributed by atoms with van der Waals surface area (Å²) in [6, 6.07) is 0.583. The molecule has 1 aliphatic carbocycles. The number of hydrogen-bond donors (Lipinski definition) is 2. The Labute approximate surface area is 93.7 Å². The Morgan fingerprint density at radius 3 is 3.13 bits per heavy atom. The molecule has 15 heavy (non-hydrogen) atoms. The first-order valence-electron chi connectivity index (χ1n) is 5.65. The predicted molar refractivity (Wildman–Crippen MR) is 61.1 cm³/mol. The van der Waals surface area contributed by atoms with Crippen LogP contribution in [0, 0.1) is 0 Å². The molecule has 82 valence electrons. The van der Waals surface area contributed by atoms with Crippen LogP contribution in [0.15, 0.2) is 6.33 Å². The van der Waals surface area contributed by atoms with E-state index in [1.54, 1.807) is 6.33 Å². The average Bonchev–Trinajstić information content (AvgIpc) is 2.69. The van der Waals surface area contributed by atoms with Crippen LogP contribution in [0.3, 0.4) is 0 Å². The molecule has 2 N–H and O–H groups in total. The molecule has 1 aromatic heterocycles. The van der Waals surface area contributed by atoms with Gasteiger partial charge in [0.25, 0.3) is 0 Å². The second-order valence-corrected chi connectivity index (χ2v) is 5.42. The largest absolute Gasteiger partial charge is 0.357 e. The number of piperidine rings is 1. The molecule has 1 saturated heterocycles. The van der Waals surface area contributed by atoms with Gasteiger partial charge in [0.05, 0.1) is 0 Å². The van der Waals surface area contributed by atoms with E-state index in [9.17, 15) is 0 Å². The molecular formula is C10H16N4S. The van der Waals surface area contributed by atoms with Gasteiger partial charge in [0, 0.05) is 23.1 Å². The highest BCUT2D eigenvalue weighted by atomic mass is 32.1. The van der Waals surface area contributed by atoms with E-state index in [1.807, 2.05) is 0 Å². The van der Waals surface area contributed by atoms with E-state index in [0.29, 0.717) is 11.6 Å². The Bertz CT molecular complexity index is 320. The molecule has 2 heterocycles. The zero-order valence-corrected chi connectivity index (χ0v) is 9.52. The molecule has 2 fully saturated rings. The highest BCUT2D eigenvalue weighted by Gasteiger charge is 2.40. The van der Waals surface area contributed by atoms with Crippen molar-refractivity contribution >= 4 is 16.7 Å². The van der Waals surface area contributed by atoms with Crippen molar-refractivity contribution in [1.29, 1.82) is 0 Å². The highest BCUT2D eigenvalue weighted by Crippen LogP contribution is 2.38. The van der Waals surface area contributed by atoms with Crippen LogP contribution in [0.25, 0.3) is 0 Å². The lowest BCUT2D eigenvalue weighted by molar-refractivity contribution is 0.135. The Hall–Kier alpha value is -0.680. The van der Waals surface area contributed by atoms with Gasteiger partial charge in [-0.3, -0.25) is 0 Å². The van der Waals surface area contributed by atoms with Gasteiger partial charge in [-0.15, -0.1) is 0 Å².